The second-order valence-corrected chi connectivity index (χ2v) is 9.63. The number of rotatable bonds is 5. The second-order valence-electron chi connectivity index (χ2n) is 6.21. The molecule has 0 spiro atoms. The molecule has 0 saturated carbocycles. The number of hydrogen-bond acceptors (Lipinski definition) is 3. The van der Waals surface area contributed by atoms with Crippen molar-refractivity contribution >= 4 is 47.7 Å². The fraction of sp³-hybridized carbons (Fsp3) is 0. The van der Waals surface area contributed by atoms with E-state index in [0.29, 0.717) is 20.5 Å². The van der Waals surface area contributed by atoms with Crippen molar-refractivity contribution in [2.75, 3.05) is 4.72 Å². The van der Waals surface area contributed by atoms with Gasteiger partial charge in [0.15, 0.2) is 0 Å². The largest absolute Gasteiger partial charge is 0.264 e. The summed E-state index contributed by atoms with van der Waals surface area (Å²) >= 11 is 6.65. The Hall–Kier alpha value is -2.42. The first-order valence-corrected chi connectivity index (χ1v) is 11.7. The van der Waals surface area contributed by atoms with Crippen molar-refractivity contribution in [3.05, 3.63) is 93.9 Å². The molecule has 0 aliphatic rings. The molecule has 3 aromatic carbocycles. The number of anilines is 1. The highest BCUT2D eigenvalue weighted by Crippen LogP contribution is 2.30. The number of benzene rings is 3. The molecule has 0 bridgehead atoms. The Bertz CT molecular complexity index is 1260. The summed E-state index contributed by atoms with van der Waals surface area (Å²) in [5.41, 5.74) is 2.31. The van der Waals surface area contributed by atoms with Crippen LogP contribution in [0.2, 0.25) is 0 Å². The summed E-state index contributed by atoms with van der Waals surface area (Å²) in [4.78, 5) is 0.133. The van der Waals surface area contributed by atoms with E-state index in [2.05, 4.69) is 41.7 Å². The molecule has 5 nitrogen and oxygen atoms in total. The maximum absolute atomic E-state index is 13.1. The molecule has 29 heavy (non-hydrogen) atoms. The van der Waals surface area contributed by atoms with Crippen LogP contribution in [0.5, 0.6) is 0 Å². The van der Waals surface area contributed by atoms with Crippen LogP contribution in [0.25, 0.3) is 16.9 Å². The van der Waals surface area contributed by atoms with Crippen molar-refractivity contribution in [3.63, 3.8) is 0 Å². The van der Waals surface area contributed by atoms with Crippen LogP contribution in [0.3, 0.4) is 0 Å². The van der Waals surface area contributed by atoms with Gasteiger partial charge in [0.2, 0.25) is 0 Å². The van der Waals surface area contributed by atoms with E-state index in [9.17, 15) is 8.42 Å². The normalized spacial score (nSPS) is 11.4. The number of hydrogen-bond donors (Lipinski definition) is 1. The maximum atomic E-state index is 13.1. The molecule has 4 rings (SSSR count). The van der Waals surface area contributed by atoms with Crippen molar-refractivity contribution in [1.29, 1.82) is 0 Å². The Morgan fingerprint density at radius 2 is 1.48 bits per heavy atom. The van der Waals surface area contributed by atoms with Crippen LogP contribution in [0.15, 0.2) is 98.8 Å². The average molecular weight is 533 g/mol. The fourth-order valence-electron chi connectivity index (χ4n) is 2.85. The molecule has 0 aliphatic carbocycles. The summed E-state index contributed by atoms with van der Waals surface area (Å²) in [7, 11) is -3.85. The lowest BCUT2D eigenvalue weighted by Crippen LogP contribution is -2.16. The summed E-state index contributed by atoms with van der Waals surface area (Å²) < 4.78 is 31.6. The first-order valence-electron chi connectivity index (χ1n) is 8.63. The van der Waals surface area contributed by atoms with Gasteiger partial charge in [-0.2, -0.15) is 5.10 Å². The molecule has 146 valence electrons. The van der Waals surface area contributed by atoms with Crippen molar-refractivity contribution in [1.82, 2.24) is 9.78 Å². The summed E-state index contributed by atoms with van der Waals surface area (Å²) in [6, 6.07) is 25.7. The van der Waals surface area contributed by atoms with Crippen LogP contribution < -0.4 is 4.72 Å². The number of aromatic nitrogens is 2. The Balaban J connectivity index is 1.82. The van der Waals surface area contributed by atoms with E-state index in [1.807, 2.05) is 60.7 Å². The molecule has 1 aromatic heterocycles. The zero-order valence-corrected chi connectivity index (χ0v) is 18.9. The lowest BCUT2D eigenvalue weighted by atomic mass is 10.2. The Labute approximate surface area is 185 Å². The minimum absolute atomic E-state index is 0.133. The molecule has 0 atom stereocenters. The van der Waals surface area contributed by atoms with Gasteiger partial charge in [-0.15, -0.1) is 0 Å². The fourth-order valence-corrected chi connectivity index (χ4v) is 5.38. The smallest absolute Gasteiger partial charge is 0.263 e. The van der Waals surface area contributed by atoms with Gasteiger partial charge in [0.05, 0.1) is 11.4 Å². The van der Waals surface area contributed by atoms with Gasteiger partial charge in [0, 0.05) is 20.6 Å². The predicted molar refractivity (Wildman–Crippen MR) is 122 cm³/mol. The third-order valence-electron chi connectivity index (χ3n) is 4.20. The quantitative estimate of drug-likeness (QED) is 0.350. The highest BCUT2D eigenvalue weighted by Gasteiger charge is 2.22. The van der Waals surface area contributed by atoms with Crippen LogP contribution in [0.1, 0.15) is 0 Å². The monoisotopic (exact) mass is 531 g/mol. The zero-order valence-electron chi connectivity index (χ0n) is 15.0. The minimum atomic E-state index is -3.85. The molecule has 0 radical (unpaired) electrons. The van der Waals surface area contributed by atoms with Crippen molar-refractivity contribution in [2.24, 2.45) is 0 Å². The number of sulfonamides is 1. The molecular formula is C21H15Br2N3O2S. The summed E-state index contributed by atoms with van der Waals surface area (Å²) in [5.74, 6) is 0.349. The second kappa shape index (κ2) is 8.14. The van der Waals surface area contributed by atoms with Gasteiger partial charge in [-0.05, 0) is 46.3 Å². The summed E-state index contributed by atoms with van der Waals surface area (Å²) in [5, 5.41) is 4.64. The molecule has 4 aromatic rings. The zero-order chi connectivity index (χ0) is 20.4. The number of nitrogens with one attached hydrogen (secondary N) is 1. The van der Waals surface area contributed by atoms with Gasteiger partial charge in [-0.25, -0.2) is 13.1 Å². The standard InChI is InChI=1S/C21H15Br2N3O2S/c22-16-11-12-18(23)20(13-16)29(27,28)25-21-14-19(15-7-3-1-4-8-15)24-26(21)17-9-5-2-6-10-17/h1-14,25H. The first kappa shape index (κ1) is 19.9. The van der Waals surface area contributed by atoms with Crippen LogP contribution in [0.4, 0.5) is 5.82 Å². The number of nitrogens with zero attached hydrogens (tertiary/aromatic N) is 2. The van der Waals surface area contributed by atoms with Gasteiger partial charge < -0.3 is 0 Å². The van der Waals surface area contributed by atoms with Gasteiger partial charge >= 0.3 is 0 Å². The molecule has 1 heterocycles. The van der Waals surface area contributed by atoms with Gasteiger partial charge in [-0.3, -0.25) is 4.72 Å². The first-order chi connectivity index (χ1) is 13.9. The van der Waals surface area contributed by atoms with Crippen LogP contribution in [0, 0.1) is 0 Å². The van der Waals surface area contributed by atoms with E-state index in [-0.39, 0.29) is 4.90 Å². The Kier molecular flexibility index (Phi) is 5.58. The van der Waals surface area contributed by atoms with E-state index in [0.717, 1.165) is 11.3 Å². The van der Waals surface area contributed by atoms with Crippen LogP contribution in [-0.4, -0.2) is 18.2 Å². The molecule has 0 amide bonds. The van der Waals surface area contributed by atoms with Gasteiger partial charge in [-0.1, -0.05) is 64.5 Å². The van der Waals surface area contributed by atoms with E-state index < -0.39 is 10.0 Å². The summed E-state index contributed by atoms with van der Waals surface area (Å²) in [6.07, 6.45) is 0. The third kappa shape index (κ3) is 4.29. The maximum Gasteiger partial charge on any atom is 0.264 e. The van der Waals surface area contributed by atoms with E-state index in [4.69, 9.17) is 0 Å². The number of para-hydroxylation sites is 1. The van der Waals surface area contributed by atoms with Crippen LogP contribution in [-0.2, 0) is 10.0 Å². The third-order valence-corrected chi connectivity index (χ3v) is 7.04. The highest BCUT2D eigenvalue weighted by atomic mass is 79.9. The van der Waals surface area contributed by atoms with Crippen molar-refractivity contribution in [2.45, 2.75) is 4.90 Å². The van der Waals surface area contributed by atoms with Crippen molar-refractivity contribution in [3.8, 4) is 16.9 Å². The van der Waals surface area contributed by atoms with Crippen molar-refractivity contribution < 1.29 is 8.42 Å². The molecule has 8 heteroatoms. The lowest BCUT2D eigenvalue weighted by Gasteiger charge is -2.12. The van der Waals surface area contributed by atoms with E-state index in [1.165, 1.54) is 0 Å². The molecule has 0 unspecified atom stereocenters. The predicted octanol–water partition coefficient (Wildman–Crippen LogP) is 5.87. The number of halogens is 2. The highest BCUT2D eigenvalue weighted by molar-refractivity contribution is 9.11. The lowest BCUT2D eigenvalue weighted by molar-refractivity contribution is 0.600. The molecule has 0 aliphatic heterocycles. The average Bonchev–Trinajstić information content (AvgIpc) is 3.14. The molecule has 0 saturated heterocycles. The van der Waals surface area contributed by atoms with E-state index in [1.54, 1.807) is 28.9 Å². The molecular weight excluding hydrogens is 518 g/mol. The van der Waals surface area contributed by atoms with E-state index >= 15 is 0 Å². The van der Waals surface area contributed by atoms with Gasteiger partial charge in [0.1, 0.15) is 10.7 Å². The minimum Gasteiger partial charge on any atom is -0.263 e. The Morgan fingerprint density at radius 3 is 2.17 bits per heavy atom. The summed E-state index contributed by atoms with van der Waals surface area (Å²) in [6.45, 7) is 0. The molecule has 1 N–H and O–H groups in total. The molecule has 0 fully saturated rings. The topological polar surface area (TPSA) is 64.0 Å². The van der Waals surface area contributed by atoms with Gasteiger partial charge in [0.25, 0.3) is 10.0 Å². The Morgan fingerprint density at radius 1 is 0.828 bits per heavy atom. The van der Waals surface area contributed by atoms with Crippen LogP contribution >= 0.6 is 31.9 Å². The SMILES string of the molecule is O=S(=O)(Nc1cc(-c2ccccc2)nn1-c1ccccc1)c1cc(Br)ccc1Br.